The summed E-state index contributed by atoms with van der Waals surface area (Å²) in [5, 5.41) is 13.9. The van der Waals surface area contributed by atoms with Crippen LogP contribution in [0.3, 0.4) is 0 Å². The molecule has 0 aromatic heterocycles. The summed E-state index contributed by atoms with van der Waals surface area (Å²) >= 11 is 0. The van der Waals surface area contributed by atoms with Gasteiger partial charge < -0.3 is 20.5 Å². The van der Waals surface area contributed by atoms with E-state index in [1.807, 2.05) is 0 Å². The van der Waals surface area contributed by atoms with Gasteiger partial charge in [-0.2, -0.15) is 0 Å². The van der Waals surface area contributed by atoms with Crippen LogP contribution >= 0.6 is 0 Å². The molecular weight excluding hydrogens is 212 g/mol. The van der Waals surface area contributed by atoms with E-state index in [2.05, 4.69) is 10.6 Å². The average Bonchev–Trinajstić information content (AvgIpc) is 2.44. The molecule has 92 valence electrons. The molecule has 1 rings (SSSR count). The highest BCUT2D eigenvalue weighted by molar-refractivity contribution is 5.87. The third-order valence-electron chi connectivity index (χ3n) is 2.09. The van der Waals surface area contributed by atoms with Gasteiger partial charge in [0.25, 0.3) is 0 Å². The van der Waals surface area contributed by atoms with E-state index in [-0.39, 0.29) is 18.6 Å². The maximum Gasteiger partial charge on any atom is 0.408 e. The second kappa shape index (κ2) is 4.69. The van der Waals surface area contributed by atoms with Gasteiger partial charge in [0.15, 0.2) is 0 Å². The number of ether oxygens (including phenoxy) is 1. The Labute approximate surface area is 94.3 Å². The zero-order valence-corrected chi connectivity index (χ0v) is 9.74. The van der Waals surface area contributed by atoms with Crippen molar-refractivity contribution in [3.8, 4) is 0 Å². The molecule has 0 unspecified atom stereocenters. The fourth-order valence-corrected chi connectivity index (χ4v) is 1.45. The lowest BCUT2D eigenvalue weighted by Gasteiger charge is -2.20. The third-order valence-corrected chi connectivity index (χ3v) is 2.09. The van der Waals surface area contributed by atoms with E-state index in [9.17, 15) is 9.59 Å². The number of carbonyl (C=O) groups is 2. The van der Waals surface area contributed by atoms with Gasteiger partial charge in [-0.25, -0.2) is 4.79 Å². The van der Waals surface area contributed by atoms with Crippen LogP contribution in [0.4, 0.5) is 4.79 Å². The van der Waals surface area contributed by atoms with Gasteiger partial charge in [0.05, 0.1) is 12.6 Å². The first-order chi connectivity index (χ1) is 7.31. The molecule has 0 radical (unpaired) electrons. The molecule has 6 heteroatoms. The second-order valence-electron chi connectivity index (χ2n) is 4.82. The van der Waals surface area contributed by atoms with E-state index in [4.69, 9.17) is 9.84 Å². The molecule has 0 aliphatic carbocycles. The van der Waals surface area contributed by atoms with E-state index in [1.165, 1.54) is 0 Å². The Morgan fingerprint density at radius 2 is 2.25 bits per heavy atom. The van der Waals surface area contributed by atoms with Crippen LogP contribution in [0, 0.1) is 0 Å². The van der Waals surface area contributed by atoms with Crippen LogP contribution in [0.2, 0.25) is 0 Å². The smallest absolute Gasteiger partial charge is 0.408 e. The summed E-state index contributed by atoms with van der Waals surface area (Å²) < 4.78 is 5.02. The molecule has 16 heavy (non-hydrogen) atoms. The standard InChI is InChI=1S/C10H18N2O4/c1-10(2,3)16-9(15)12-7-4-6(5-13)11-8(7)14/h6-7,13H,4-5H2,1-3H3,(H,11,14)(H,12,15)/t6-,7+/m1/s1. The quantitative estimate of drug-likeness (QED) is 0.611. The number of hydrogen-bond donors (Lipinski definition) is 3. The molecule has 0 spiro atoms. The maximum atomic E-state index is 11.4. The van der Waals surface area contributed by atoms with Gasteiger partial charge in [-0.3, -0.25) is 4.79 Å². The van der Waals surface area contributed by atoms with Crippen molar-refractivity contribution in [3.05, 3.63) is 0 Å². The normalized spacial score (nSPS) is 25.1. The molecule has 1 fully saturated rings. The molecule has 2 amide bonds. The molecule has 0 saturated carbocycles. The lowest BCUT2D eigenvalue weighted by atomic mass is 10.2. The van der Waals surface area contributed by atoms with Gasteiger partial charge in [0.1, 0.15) is 11.6 Å². The molecule has 6 nitrogen and oxygen atoms in total. The first-order valence-electron chi connectivity index (χ1n) is 5.22. The van der Waals surface area contributed by atoms with Crippen molar-refractivity contribution in [1.82, 2.24) is 10.6 Å². The van der Waals surface area contributed by atoms with Crippen LogP contribution in [-0.4, -0.2) is 41.4 Å². The van der Waals surface area contributed by atoms with Crippen molar-refractivity contribution in [1.29, 1.82) is 0 Å². The summed E-state index contributed by atoms with van der Waals surface area (Å²) in [6.45, 7) is 5.12. The van der Waals surface area contributed by atoms with Crippen LogP contribution in [0.15, 0.2) is 0 Å². The summed E-state index contributed by atoms with van der Waals surface area (Å²) in [5.41, 5.74) is -0.588. The Hall–Kier alpha value is -1.30. The molecule has 1 aliphatic heterocycles. The number of hydrogen-bond acceptors (Lipinski definition) is 4. The first kappa shape index (κ1) is 12.8. The predicted molar refractivity (Wildman–Crippen MR) is 56.8 cm³/mol. The average molecular weight is 230 g/mol. The lowest BCUT2D eigenvalue weighted by molar-refractivity contribution is -0.121. The Kier molecular flexibility index (Phi) is 3.74. The first-order valence-corrected chi connectivity index (χ1v) is 5.22. The molecule has 1 saturated heterocycles. The van der Waals surface area contributed by atoms with Gasteiger partial charge >= 0.3 is 6.09 Å². The van der Waals surface area contributed by atoms with E-state index < -0.39 is 17.7 Å². The Balaban J connectivity index is 2.43. The van der Waals surface area contributed by atoms with Gasteiger partial charge in [-0.05, 0) is 27.2 Å². The number of alkyl carbamates (subject to hydrolysis) is 1. The van der Waals surface area contributed by atoms with Crippen LogP contribution in [-0.2, 0) is 9.53 Å². The molecule has 2 atom stereocenters. The summed E-state index contributed by atoms with van der Waals surface area (Å²) in [5.74, 6) is -0.287. The minimum atomic E-state index is -0.619. The Morgan fingerprint density at radius 1 is 1.62 bits per heavy atom. The van der Waals surface area contributed by atoms with Crippen LogP contribution < -0.4 is 10.6 Å². The largest absolute Gasteiger partial charge is 0.444 e. The number of carbonyl (C=O) groups excluding carboxylic acids is 2. The highest BCUT2D eigenvalue weighted by Gasteiger charge is 2.33. The van der Waals surface area contributed by atoms with E-state index >= 15 is 0 Å². The Bertz CT molecular complexity index is 285. The van der Waals surface area contributed by atoms with Crippen molar-refractivity contribution >= 4 is 12.0 Å². The van der Waals surface area contributed by atoms with Crippen LogP contribution in [0.5, 0.6) is 0 Å². The molecule has 3 N–H and O–H groups in total. The van der Waals surface area contributed by atoms with Gasteiger partial charge in [-0.15, -0.1) is 0 Å². The molecule has 1 heterocycles. The number of rotatable bonds is 2. The summed E-state index contributed by atoms with van der Waals surface area (Å²) in [4.78, 5) is 22.7. The highest BCUT2D eigenvalue weighted by Crippen LogP contribution is 2.10. The monoisotopic (exact) mass is 230 g/mol. The highest BCUT2D eigenvalue weighted by atomic mass is 16.6. The molecule has 0 aromatic carbocycles. The van der Waals surface area contributed by atoms with Crippen molar-refractivity contribution in [2.24, 2.45) is 0 Å². The molecule has 0 bridgehead atoms. The predicted octanol–water partition coefficient (Wildman–Crippen LogP) is -0.240. The second-order valence-corrected chi connectivity index (χ2v) is 4.82. The van der Waals surface area contributed by atoms with Crippen molar-refractivity contribution < 1.29 is 19.4 Å². The third kappa shape index (κ3) is 3.69. The number of nitrogens with one attached hydrogen (secondary N) is 2. The minimum Gasteiger partial charge on any atom is -0.444 e. The topological polar surface area (TPSA) is 87.7 Å². The maximum absolute atomic E-state index is 11.4. The number of aliphatic hydroxyl groups excluding tert-OH is 1. The van der Waals surface area contributed by atoms with E-state index in [1.54, 1.807) is 20.8 Å². The molecule has 1 aliphatic rings. The Morgan fingerprint density at radius 3 is 2.69 bits per heavy atom. The summed E-state index contributed by atoms with van der Waals surface area (Å²) in [7, 11) is 0. The van der Waals surface area contributed by atoms with E-state index in [0.29, 0.717) is 6.42 Å². The van der Waals surface area contributed by atoms with Gasteiger partial charge in [0.2, 0.25) is 5.91 Å². The number of amides is 2. The van der Waals surface area contributed by atoms with Crippen molar-refractivity contribution in [2.75, 3.05) is 6.61 Å². The van der Waals surface area contributed by atoms with Gasteiger partial charge in [-0.1, -0.05) is 0 Å². The lowest BCUT2D eigenvalue weighted by Crippen LogP contribution is -2.42. The summed E-state index contributed by atoms with van der Waals surface area (Å²) in [6, 6.07) is -0.903. The van der Waals surface area contributed by atoms with E-state index in [0.717, 1.165) is 0 Å². The molecular formula is C10H18N2O4. The van der Waals surface area contributed by atoms with Crippen LogP contribution in [0.25, 0.3) is 0 Å². The zero-order chi connectivity index (χ0) is 12.3. The fourth-order valence-electron chi connectivity index (χ4n) is 1.45. The zero-order valence-electron chi connectivity index (χ0n) is 9.74. The fraction of sp³-hybridized carbons (Fsp3) is 0.800. The SMILES string of the molecule is CC(C)(C)OC(=O)N[C@H]1C[C@H](CO)NC1=O. The number of aliphatic hydroxyl groups is 1. The summed E-state index contributed by atoms with van der Waals surface area (Å²) in [6.07, 6.45) is -0.236. The van der Waals surface area contributed by atoms with Gasteiger partial charge in [0, 0.05) is 0 Å². The van der Waals surface area contributed by atoms with Crippen LogP contribution in [0.1, 0.15) is 27.2 Å². The van der Waals surface area contributed by atoms with Crippen molar-refractivity contribution in [2.45, 2.75) is 44.9 Å². The van der Waals surface area contributed by atoms with Crippen molar-refractivity contribution in [3.63, 3.8) is 0 Å². The minimum absolute atomic E-state index is 0.127. The molecule has 0 aromatic rings.